The van der Waals surface area contributed by atoms with Crippen LogP contribution >= 0.6 is 11.8 Å². The van der Waals surface area contributed by atoms with Crippen molar-refractivity contribution in [2.24, 2.45) is 0 Å². The monoisotopic (exact) mass is 459 g/mol. The highest BCUT2D eigenvalue weighted by molar-refractivity contribution is 7.99. The Labute approximate surface area is 192 Å². The molecule has 0 aliphatic heterocycles. The standard InChI is InChI=1S/C24H18FN5O2S/c25-17-7-9-18(10-8-17)30-23(31)19-4-1-2-5-20(19)27-24(30)33-15-3-6-21-28-22(29-32-21)16-11-13-26-14-12-16/h1-2,4-5,7-14H,3,6,15H2. The lowest BCUT2D eigenvalue weighted by Crippen LogP contribution is -2.21. The summed E-state index contributed by atoms with van der Waals surface area (Å²) in [6, 6.07) is 16.7. The van der Waals surface area contributed by atoms with Crippen molar-refractivity contribution < 1.29 is 8.91 Å². The summed E-state index contributed by atoms with van der Waals surface area (Å²) in [5.41, 5.74) is 1.86. The van der Waals surface area contributed by atoms with Gasteiger partial charge in [0.25, 0.3) is 5.56 Å². The van der Waals surface area contributed by atoms with Crippen molar-refractivity contribution in [2.75, 3.05) is 5.75 Å². The first-order valence-electron chi connectivity index (χ1n) is 10.3. The van der Waals surface area contributed by atoms with Crippen LogP contribution in [0.5, 0.6) is 0 Å². The number of aryl methyl sites for hydroxylation is 1. The van der Waals surface area contributed by atoms with E-state index in [1.807, 2.05) is 24.3 Å². The molecule has 3 heterocycles. The van der Waals surface area contributed by atoms with Crippen LogP contribution in [0.1, 0.15) is 12.3 Å². The van der Waals surface area contributed by atoms with Crippen LogP contribution in [0.4, 0.5) is 4.39 Å². The summed E-state index contributed by atoms with van der Waals surface area (Å²) in [6.45, 7) is 0. The van der Waals surface area contributed by atoms with E-state index in [0.717, 1.165) is 12.0 Å². The average Bonchev–Trinajstić information content (AvgIpc) is 3.32. The van der Waals surface area contributed by atoms with Crippen LogP contribution in [0.25, 0.3) is 28.0 Å². The normalized spacial score (nSPS) is 11.2. The van der Waals surface area contributed by atoms with Crippen LogP contribution in [0.2, 0.25) is 0 Å². The van der Waals surface area contributed by atoms with E-state index in [9.17, 15) is 9.18 Å². The third-order valence-electron chi connectivity index (χ3n) is 5.00. The first-order chi connectivity index (χ1) is 16.2. The Morgan fingerprint density at radius 2 is 1.76 bits per heavy atom. The fraction of sp³-hybridized carbons (Fsp3) is 0.125. The lowest BCUT2D eigenvalue weighted by molar-refractivity contribution is 0.378. The molecule has 164 valence electrons. The minimum absolute atomic E-state index is 0.186. The molecule has 0 saturated heterocycles. The van der Waals surface area contributed by atoms with Crippen molar-refractivity contribution in [3.63, 3.8) is 0 Å². The van der Waals surface area contributed by atoms with E-state index in [2.05, 4.69) is 15.1 Å². The number of fused-ring (bicyclic) bond motifs is 1. The Balaban J connectivity index is 1.34. The fourth-order valence-electron chi connectivity index (χ4n) is 3.39. The van der Waals surface area contributed by atoms with Crippen molar-refractivity contribution in [1.82, 2.24) is 24.7 Å². The molecule has 0 bridgehead atoms. The highest BCUT2D eigenvalue weighted by Crippen LogP contribution is 2.23. The van der Waals surface area contributed by atoms with Crippen molar-refractivity contribution in [1.29, 1.82) is 0 Å². The first kappa shape index (κ1) is 21.0. The molecule has 7 nitrogen and oxygen atoms in total. The highest BCUT2D eigenvalue weighted by atomic mass is 32.2. The van der Waals surface area contributed by atoms with Crippen LogP contribution in [0, 0.1) is 5.82 Å². The summed E-state index contributed by atoms with van der Waals surface area (Å²) in [4.78, 5) is 26.3. The number of nitrogens with zero attached hydrogens (tertiary/aromatic N) is 5. The Bertz CT molecular complexity index is 1450. The summed E-state index contributed by atoms with van der Waals surface area (Å²) in [7, 11) is 0. The molecule has 9 heteroatoms. The SMILES string of the molecule is O=c1c2ccccc2nc(SCCCc2nc(-c3ccncc3)no2)n1-c1ccc(F)cc1. The molecule has 33 heavy (non-hydrogen) atoms. The molecule has 0 unspecified atom stereocenters. The zero-order valence-electron chi connectivity index (χ0n) is 17.4. The van der Waals surface area contributed by atoms with Crippen molar-refractivity contribution in [2.45, 2.75) is 18.0 Å². The topological polar surface area (TPSA) is 86.7 Å². The van der Waals surface area contributed by atoms with Crippen LogP contribution in [-0.2, 0) is 6.42 Å². The van der Waals surface area contributed by atoms with E-state index < -0.39 is 0 Å². The quantitative estimate of drug-likeness (QED) is 0.198. The van der Waals surface area contributed by atoms with Crippen molar-refractivity contribution in [3.8, 4) is 17.1 Å². The number of halogens is 1. The summed E-state index contributed by atoms with van der Waals surface area (Å²) in [5, 5.41) is 5.08. The van der Waals surface area contributed by atoms with E-state index in [4.69, 9.17) is 9.51 Å². The highest BCUT2D eigenvalue weighted by Gasteiger charge is 2.14. The largest absolute Gasteiger partial charge is 0.339 e. The third kappa shape index (κ3) is 4.54. The molecule has 0 radical (unpaired) electrons. The van der Waals surface area contributed by atoms with Gasteiger partial charge in [0, 0.05) is 30.1 Å². The molecule has 0 amide bonds. The number of para-hydroxylation sites is 1. The first-order valence-corrected chi connectivity index (χ1v) is 11.3. The van der Waals surface area contributed by atoms with E-state index in [-0.39, 0.29) is 11.4 Å². The molecule has 0 aliphatic carbocycles. The van der Waals surface area contributed by atoms with Gasteiger partial charge < -0.3 is 4.52 Å². The van der Waals surface area contributed by atoms with Gasteiger partial charge in [0.15, 0.2) is 5.16 Å². The van der Waals surface area contributed by atoms with Gasteiger partial charge in [-0.25, -0.2) is 9.37 Å². The van der Waals surface area contributed by atoms with Crippen LogP contribution in [-0.4, -0.2) is 30.4 Å². The molecule has 0 aliphatic rings. The number of hydrogen-bond donors (Lipinski definition) is 0. The summed E-state index contributed by atoms with van der Waals surface area (Å²) in [6.07, 6.45) is 4.70. The lowest BCUT2D eigenvalue weighted by Gasteiger charge is -2.13. The smallest absolute Gasteiger partial charge is 0.266 e. The van der Waals surface area contributed by atoms with Crippen molar-refractivity contribution >= 4 is 22.7 Å². The molecular formula is C24H18FN5O2S. The second kappa shape index (κ2) is 9.33. The van der Waals surface area contributed by atoms with Gasteiger partial charge in [0.1, 0.15) is 5.82 Å². The molecule has 3 aromatic heterocycles. The number of rotatable bonds is 7. The Kier molecular flexibility index (Phi) is 5.95. The summed E-state index contributed by atoms with van der Waals surface area (Å²) >= 11 is 1.46. The second-order valence-electron chi connectivity index (χ2n) is 7.23. The van der Waals surface area contributed by atoms with Gasteiger partial charge in [-0.05, 0) is 55.0 Å². The van der Waals surface area contributed by atoms with Gasteiger partial charge in [-0.2, -0.15) is 4.98 Å². The number of aromatic nitrogens is 5. The van der Waals surface area contributed by atoms with Gasteiger partial charge in [0.05, 0.1) is 16.6 Å². The average molecular weight is 460 g/mol. The molecular weight excluding hydrogens is 441 g/mol. The zero-order chi connectivity index (χ0) is 22.6. The fourth-order valence-corrected chi connectivity index (χ4v) is 4.34. The number of thioether (sulfide) groups is 1. The third-order valence-corrected chi connectivity index (χ3v) is 6.03. The number of pyridine rings is 1. The van der Waals surface area contributed by atoms with E-state index >= 15 is 0 Å². The maximum atomic E-state index is 13.4. The minimum atomic E-state index is -0.361. The van der Waals surface area contributed by atoms with Gasteiger partial charge in [-0.15, -0.1) is 0 Å². The van der Waals surface area contributed by atoms with Gasteiger partial charge in [-0.3, -0.25) is 14.3 Å². The van der Waals surface area contributed by atoms with E-state index in [1.165, 1.54) is 28.5 Å². The molecule has 2 aromatic carbocycles. The summed E-state index contributed by atoms with van der Waals surface area (Å²) < 4.78 is 20.3. The van der Waals surface area contributed by atoms with Gasteiger partial charge >= 0.3 is 0 Å². The summed E-state index contributed by atoms with van der Waals surface area (Å²) in [5.74, 6) is 1.39. The maximum absolute atomic E-state index is 13.4. The molecule has 5 aromatic rings. The molecule has 0 spiro atoms. The second-order valence-corrected chi connectivity index (χ2v) is 8.29. The molecule has 0 fully saturated rings. The lowest BCUT2D eigenvalue weighted by atomic mass is 10.2. The Hall–Kier alpha value is -3.85. The van der Waals surface area contributed by atoms with Crippen LogP contribution in [0.3, 0.4) is 0 Å². The predicted molar refractivity (Wildman–Crippen MR) is 124 cm³/mol. The Morgan fingerprint density at radius 3 is 2.58 bits per heavy atom. The Morgan fingerprint density at radius 1 is 0.970 bits per heavy atom. The minimum Gasteiger partial charge on any atom is -0.339 e. The van der Waals surface area contributed by atoms with E-state index in [0.29, 0.717) is 45.6 Å². The molecule has 5 rings (SSSR count). The van der Waals surface area contributed by atoms with Gasteiger partial charge in [-0.1, -0.05) is 29.1 Å². The number of hydrogen-bond acceptors (Lipinski definition) is 7. The van der Waals surface area contributed by atoms with Gasteiger partial charge in [0.2, 0.25) is 11.7 Å². The number of benzene rings is 2. The predicted octanol–water partition coefficient (Wildman–Crippen LogP) is 4.69. The molecule has 0 saturated carbocycles. The van der Waals surface area contributed by atoms with E-state index in [1.54, 1.807) is 36.7 Å². The van der Waals surface area contributed by atoms with Crippen molar-refractivity contribution in [3.05, 3.63) is 95.1 Å². The van der Waals surface area contributed by atoms with Crippen LogP contribution < -0.4 is 5.56 Å². The zero-order valence-corrected chi connectivity index (χ0v) is 18.2. The maximum Gasteiger partial charge on any atom is 0.266 e. The molecule has 0 atom stereocenters. The molecule has 0 N–H and O–H groups in total. The van der Waals surface area contributed by atoms with Crippen LogP contribution in [0.15, 0.2) is 87.5 Å².